The summed E-state index contributed by atoms with van der Waals surface area (Å²) in [7, 11) is -4.28. The number of nitrogens with two attached hydrogens (primary N) is 2. The third kappa shape index (κ3) is 6.54. The molecule has 0 bridgehead atoms. The lowest BCUT2D eigenvalue weighted by molar-refractivity contribution is -0.0432. The number of nitrogen functional groups attached to an aromatic ring is 2. The maximum atomic E-state index is 11.6. The first kappa shape index (κ1) is 28.5. The molecule has 1 fully saturated rings. The third-order valence-electron chi connectivity index (χ3n) is 5.66. The highest BCUT2D eigenvalue weighted by atomic mass is 31.2. The van der Waals surface area contributed by atoms with Crippen LogP contribution in [0.15, 0.2) is 23.8 Å². The molecular weight excluding hydrogens is 543 g/mol. The fourth-order valence-corrected chi connectivity index (χ4v) is 4.23. The lowest BCUT2D eigenvalue weighted by Gasteiger charge is -2.16. The van der Waals surface area contributed by atoms with E-state index in [0.717, 1.165) is 0 Å². The molecule has 0 aliphatic carbocycles. The Bertz CT molecular complexity index is 1540. The lowest BCUT2D eigenvalue weighted by Crippen LogP contribution is -2.24. The van der Waals surface area contributed by atoms with Crippen LogP contribution in [-0.4, -0.2) is 102 Å². The zero-order valence-corrected chi connectivity index (χ0v) is 21.1. The molecule has 0 amide bonds. The monoisotopic (exact) mass is 570 g/mol. The van der Waals surface area contributed by atoms with Gasteiger partial charge < -0.3 is 50.6 Å². The molecule has 0 radical (unpaired) electrons. The molecule has 0 spiro atoms. The largest absolute Gasteiger partial charge is 0.394 e. The summed E-state index contributed by atoms with van der Waals surface area (Å²) in [5.74, 6) is 0.210. The van der Waals surface area contributed by atoms with Gasteiger partial charge in [0.1, 0.15) is 30.5 Å². The van der Waals surface area contributed by atoms with Crippen LogP contribution in [0.4, 0.5) is 11.8 Å². The Balaban J connectivity index is 0.000000181. The van der Waals surface area contributed by atoms with Crippen molar-refractivity contribution in [3.8, 4) is 0 Å². The molecule has 0 unspecified atom stereocenters. The molecule has 5 heterocycles. The molecule has 4 aromatic heterocycles. The maximum Gasteiger partial charge on any atom is 0.350 e. The van der Waals surface area contributed by atoms with Crippen LogP contribution in [0.3, 0.4) is 0 Å². The Morgan fingerprint density at radius 2 is 1.90 bits per heavy atom. The van der Waals surface area contributed by atoms with Gasteiger partial charge >= 0.3 is 7.60 Å². The van der Waals surface area contributed by atoms with Gasteiger partial charge in [-0.15, -0.1) is 0 Å². The summed E-state index contributed by atoms with van der Waals surface area (Å²) in [6.07, 6.45) is 0.895. The number of hydrogen-bond acceptors (Lipinski definition) is 14. The molecule has 20 heteroatoms. The summed E-state index contributed by atoms with van der Waals surface area (Å²) in [6, 6.07) is 0. The number of imidazole rings is 2. The molecule has 4 aromatic rings. The van der Waals surface area contributed by atoms with Crippen molar-refractivity contribution in [1.29, 1.82) is 0 Å². The normalized spacial score (nSPS) is 20.3. The third-order valence-corrected chi connectivity index (χ3v) is 6.14. The number of aromatic amines is 1. The van der Waals surface area contributed by atoms with Gasteiger partial charge in [0.2, 0.25) is 5.95 Å². The van der Waals surface area contributed by atoms with Crippen LogP contribution >= 0.6 is 7.60 Å². The highest BCUT2D eigenvalue weighted by Gasteiger charge is 2.35. The average molecular weight is 570 g/mol. The summed E-state index contributed by atoms with van der Waals surface area (Å²) >= 11 is 0. The van der Waals surface area contributed by atoms with Crippen LogP contribution in [-0.2, 0) is 20.6 Å². The van der Waals surface area contributed by atoms with Crippen LogP contribution < -0.4 is 17.0 Å². The van der Waals surface area contributed by atoms with E-state index in [9.17, 15) is 19.6 Å². The van der Waals surface area contributed by atoms with Crippen LogP contribution in [0.2, 0.25) is 0 Å². The number of fused-ring (bicyclic) bond motifs is 2. The molecule has 212 valence electrons. The molecule has 5 rings (SSSR count). The van der Waals surface area contributed by atoms with E-state index in [1.807, 2.05) is 0 Å². The molecule has 0 aromatic carbocycles. The number of hydrogen-bond donors (Lipinski definition) is 8. The molecule has 19 nitrogen and oxygen atoms in total. The van der Waals surface area contributed by atoms with Gasteiger partial charge in [0.25, 0.3) is 5.56 Å². The highest BCUT2D eigenvalue weighted by molar-refractivity contribution is 7.51. The van der Waals surface area contributed by atoms with Crippen molar-refractivity contribution in [1.82, 2.24) is 39.0 Å². The fourth-order valence-electron chi connectivity index (χ4n) is 3.82. The average Bonchev–Trinajstić information content (AvgIpc) is 3.58. The molecule has 10 N–H and O–H groups in total. The molecule has 1 saturated heterocycles. The van der Waals surface area contributed by atoms with E-state index in [1.54, 1.807) is 4.57 Å². The Hall–Kier alpha value is -3.55. The van der Waals surface area contributed by atoms with Crippen molar-refractivity contribution >= 4 is 41.7 Å². The second kappa shape index (κ2) is 11.7. The minimum Gasteiger partial charge on any atom is -0.394 e. The minimum absolute atomic E-state index is 0.0171. The zero-order valence-electron chi connectivity index (χ0n) is 20.2. The number of ether oxygens (including phenoxy) is 2. The number of anilines is 2. The number of nitrogens with zero attached hydrogens (tertiary/aromatic N) is 7. The predicted molar refractivity (Wildman–Crippen MR) is 133 cm³/mol. The van der Waals surface area contributed by atoms with E-state index in [0.29, 0.717) is 11.2 Å². The van der Waals surface area contributed by atoms with Crippen molar-refractivity contribution in [2.45, 2.75) is 37.5 Å². The first-order valence-electron chi connectivity index (χ1n) is 11.4. The Kier molecular flexibility index (Phi) is 8.52. The van der Waals surface area contributed by atoms with Crippen LogP contribution in [0.25, 0.3) is 22.3 Å². The van der Waals surface area contributed by atoms with E-state index in [4.69, 9.17) is 35.8 Å². The number of rotatable bonds is 8. The van der Waals surface area contributed by atoms with E-state index in [2.05, 4.69) is 29.9 Å². The minimum atomic E-state index is -4.28. The standard InChI is InChI=1S/C10H13N5O4.C9H14N5O5P/c11-10-13-8-7(9(18)14-10)12-3-15(8)6-1-4(17)5(2-16)19-6;10-8-7-9(12-3-11-8)14(4-13-7)1-6(2-15)19-5-20(16,17)18/h3-6,16-17H,1-2H2,(H3,11,13,14,18);3-4,6,15H,1-2,5H2,(H2,10,11,12)(H2,16,17,18)/t4-,5+,6+;6-/m00/s1. The van der Waals surface area contributed by atoms with Crippen molar-refractivity contribution in [3.05, 3.63) is 29.3 Å². The number of aliphatic hydroxyl groups excluding tert-OH is 3. The van der Waals surface area contributed by atoms with Gasteiger partial charge in [0.15, 0.2) is 22.6 Å². The van der Waals surface area contributed by atoms with Crippen LogP contribution in [0, 0.1) is 0 Å². The topological polar surface area (TPSA) is 296 Å². The maximum absolute atomic E-state index is 11.6. The van der Waals surface area contributed by atoms with E-state index < -0.39 is 50.6 Å². The Labute approximate surface area is 218 Å². The Morgan fingerprint density at radius 1 is 1.15 bits per heavy atom. The number of aliphatic hydroxyl groups is 3. The van der Waals surface area contributed by atoms with Crippen molar-refractivity contribution in [2.24, 2.45) is 0 Å². The van der Waals surface area contributed by atoms with Gasteiger partial charge in [-0.05, 0) is 0 Å². The van der Waals surface area contributed by atoms with Gasteiger partial charge in [-0.25, -0.2) is 19.9 Å². The molecule has 0 saturated carbocycles. The molecular formula is C19H27N10O9P. The van der Waals surface area contributed by atoms with Crippen molar-refractivity contribution in [3.63, 3.8) is 0 Å². The quantitative estimate of drug-likeness (QED) is 0.0996. The molecule has 4 atom stereocenters. The van der Waals surface area contributed by atoms with Crippen LogP contribution in [0.5, 0.6) is 0 Å². The second-order valence-electron chi connectivity index (χ2n) is 8.48. The first-order valence-corrected chi connectivity index (χ1v) is 13.2. The SMILES string of the molecule is Nc1nc2c(ncn2[C@H]2C[C@H](O)[C@@H](CO)O2)c(=O)[nH]1.Nc1ncnc2c1ncn2C[C@@H](CO)OCP(=O)(O)O. The van der Waals surface area contributed by atoms with Gasteiger partial charge in [-0.3, -0.25) is 18.9 Å². The van der Waals surface area contributed by atoms with Crippen molar-refractivity contribution < 1.29 is 39.1 Å². The summed E-state index contributed by atoms with van der Waals surface area (Å²) in [4.78, 5) is 51.3. The summed E-state index contributed by atoms with van der Waals surface area (Å²) in [5.41, 5.74) is 12.0. The van der Waals surface area contributed by atoms with E-state index >= 15 is 0 Å². The lowest BCUT2D eigenvalue weighted by atomic mass is 10.2. The summed E-state index contributed by atoms with van der Waals surface area (Å²) < 4.78 is 24.3. The van der Waals surface area contributed by atoms with Crippen LogP contribution in [0.1, 0.15) is 12.6 Å². The van der Waals surface area contributed by atoms with Gasteiger partial charge in [-0.2, -0.15) is 4.98 Å². The molecule has 39 heavy (non-hydrogen) atoms. The summed E-state index contributed by atoms with van der Waals surface area (Å²) in [6.45, 7) is -0.551. The number of aromatic nitrogens is 8. The van der Waals surface area contributed by atoms with E-state index in [-0.39, 0.29) is 42.5 Å². The van der Waals surface area contributed by atoms with Crippen molar-refractivity contribution in [2.75, 3.05) is 31.0 Å². The first-order chi connectivity index (χ1) is 18.5. The predicted octanol–water partition coefficient (Wildman–Crippen LogP) is -2.74. The van der Waals surface area contributed by atoms with E-state index in [1.165, 1.54) is 23.5 Å². The smallest absolute Gasteiger partial charge is 0.350 e. The van der Waals surface area contributed by atoms with Gasteiger partial charge in [0.05, 0.1) is 44.6 Å². The molecule has 1 aliphatic heterocycles. The summed E-state index contributed by atoms with van der Waals surface area (Å²) in [5, 5.41) is 27.9. The number of nitrogens with one attached hydrogen (secondary N) is 1. The van der Waals surface area contributed by atoms with Gasteiger partial charge in [-0.1, -0.05) is 0 Å². The van der Waals surface area contributed by atoms with Gasteiger partial charge in [0, 0.05) is 6.42 Å². The zero-order chi connectivity index (χ0) is 28.3. The molecule has 1 aliphatic rings. The Morgan fingerprint density at radius 3 is 2.56 bits per heavy atom. The highest BCUT2D eigenvalue weighted by Crippen LogP contribution is 2.34. The number of H-pyrrole nitrogens is 1. The fraction of sp³-hybridized carbons (Fsp3) is 0.474. The second-order valence-corrected chi connectivity index (χ2v) is 10.1.